The minimum atomic E-state index is -0.376. The molecule has 0 aromatic carbocycles. The van der Waals surface area contributed by atoms with Gasteiger partial charge in [-0.1, -0.05) is 0 Å². The molecule has 1 rings (SSSR count). The molecule has 0 radical (unpaired) electrons. The number of amides is 2. The first-order valence-electron chi connectivity index (χ1n) is 4.91. The Morgan fingerprint density at radius 3 is 2.57 bits per heavy atom. The van der Waals surface area contributed by atoms with Crippen LogP contribution in [0.25, 0.3) is 0 Å². The molecular formula is C9H17N3O2. The van der Waals surface area contributed by atoms with E-state index in [2.05, 4.69) is 10.6 Å². The first-order chi connectivity index (χ1) is 6.61. The van der Waals surface area contributed by atoms with Gasteiger partial charge in [-0.2, -0.15) is 0 Å². The van der Waals surface area contributed by atoms with Crippen molar-refractivity contribution in [1.29, 1.82) is 0 Å². The SMILES string of the molecule is CC(NCCNC(=O)C1CC1)C(N)=O. The quantitative estimate of drug-likeness (QED) is 0.478. The van der Waals surface area contributed by atoms with Crippen molar-refractivity contribution in [2.24, 2.45) is 11.7 Å². The number of nitrogens with two attached hydrogens (primary N) is 1. The first kappa shape index (κ1) is 11.0. The average Bonchev–Trinajstić information content (AvgIpc) is 2.94. The number of hydrogen-bond acceptors (Lipinski definition) is 3. The van der Waals surface area contributed by atoms with E-state index in [0.29, 0.717) is 13.1 Å². The fourth-order valence-corrected chi connectivity index (χ4v) is 1.06. The molecule has 1 atom stereocenters. The van der Waals surface area contributed by atoms with Gasteiger partial charge in [0.05, 0.1) is 6.04 Å². The van der Waals surface area contributed by atoms with Crippen molar-refractivity contribution in [2.45, 2.75) is 25.8 Å². The van der Waals surface area contributed by atoms with Gasteiger partial charge in [-0.15, -0.1) is 0 Å². The average molecular weight is 199 g/mol. The molecule has 0 aromatic heterocycles. The second kappa shape index (κ2) is 4.95. The summed E-state index contributed by atoms with van der Waals surface area (Å²) in [5, 5.41) is 5.69. The molecule has 1 aliphatic carbocycles. The predicted octanol–water partition coefficient (Wildman–Crippen LogP) is -1.02. The number of rotatable bonds is 6. The minimum absolute atomic E-state index is 0.124. The van der Waals surface area contributed by atoms with Gasteiger partial charge in [-0.3, -0.25) is 9.59 Å². The first-order valence-corrected chi connectivity index (χ1v) is 4.91. The van der Waals surface area contributed by atoms with Gasteiger partial charge >= 0.3 is 0 Å². The Morgan fingerprint density at radius 2 is 2.07 bits per heavy atom. The van der Waals surface area contributed by atoms with Crippen molar-refractivity contribution in [3.8, 4) is 0 Å². The van der Waals surface area contributed by atoms with Gasteiger partial charge in [0.15, 0.2) is 0 Å². The second-order valence-electron chi connectivity index (χ2n) is 3.64. The Balaban J connectivity index is 1.98. The van der Waals surface area contributed by atoms with E-state index in [4.69, 9.17) is 5.73 Å². The van der Waals surface area contributed by atoms with Crippen LogP contribution < -0.4 is 16.4 Å². The molecular weight excluding hydrogens is 182 g/mol. The normalized spacial score (nSPS) is 17.5. The molecule has 80 valence electrons. The van der Waals surface area contributed by atoms with Crippen molar-refractivity contribution in [1.82, 2.24) is 10.6 Å². The third kappa shape index (κ3) is 3.74. The highest BCUT2D eigenvalue weighted by Crippen LogP contribution is 2.28. The van der Waals surface area contributed by atoms with Gasteiger partial charge in [0.2, 0.25) is 11.8 Å². The molecule has 0 aliphatic heterocycles. The molecule has 4 N–H and O–H groups in total. The number of carbonyl (C=O) groups excluding carboxylic acids is 2. The Morgan fingerprint density at radius 1 is 1.43 bits per heavy atom. The van der Waals surface area contributed by atoms with Gasteiger partial charge < -0.3 is 16.4 Å². The third-order valence-electron chi connectivity index (χ3n) is 2.25. The number of hydrogen-bond donors (Lipinski definition) is 3. The zero-order valence-electron chi connectivity index (χ0n) is 8.38. The Hall–Kier alpha value is -1.10. The van der Waals surface area contributed by atoms with Gasteiger partial charge in [0, 0.05) is 19.0 Å². The number of carbonyl (C=O) groups is 2. The van der Waals surface area contributed by atoms with Crippen LogP contribution in [-0.2, 0) is 9.59 Å². The van der Waals surface area contributed by atoms with Crippen LogP contribution in [-0.4, -0.2) is 30.9 Å². The lowest BCUT2D eigenvalue weighted by Crippen LogP contribution is -2.42. The molecule has 0 saturated heterocycles. The molecule has 1 aliphatic rings. The van der Waals surface area contributed by atoms with Gasteiger partial charge in [0.1, 0.15) is 0 Å². The molecule has 0 aromatic rings. The molecule has 0 heterocycles. The van der Waals surface area contributed by atoms with Crippen LogP contribution in [0.3, 0.4) is 0 Å². The van der Waals surface area contributed by atoms with E-state index in [1.807, 2.05) is 0 Å². The summed E-state index contributed by atoms with van der Waals surface area (Å²) in [5.74, 6) is -0.0133. The molecule has 14 heavy (non-hydrogen) atoms. The highest BCUT2D eigenvalue weighted by molar-refractivity contribution is 5.81. The summed E-state index contributed by atoms with van der Waals surface area (Å²) in [4.78, 5) is 21.8. The monoisotopic (exact) mass is 199 g/mol. The van der Waals surface area contributed by atoms with Crippen molar-refractivity contribution in [3.63, 3.8) is 0 Å². The standard InChI is InChI=1S/C9H17N3O2/c1-6(8(10)13)11-4-5-12-9(14)7-2-3-7/h6-7,11H,2-5H2,1H3,(H2,10,13)(H,12,14). The highest BCUT2D eigenvalue weighted by atomic mass is 16.2. The van der Waals surface area contributed by atoms with E-state index in [0.717, 1.165) is 12.8 Å². The maximum Gasteiger partial charge on any atom is 0.234 e. The van der Waals surface area contributed by atoms with Crippen LogP contribution >= 0.6 is 0 Å². The van der Waals surface area contributed by atoms with E-state index in [1.165, 1.54) is 0 Å². The summed E-state index contributed by atoms with van der Waals surface area (Å²) in [7, 11) is 0. The zero-order valence-corrected chi connectivity index (χ0v) is 8.38. The van der Waals surface area contributed by atoms with Crippen LogP contribution in [0.5, 0.6) is 0 Å². The van der Waals surface area contributed by atoms with E-state index in [-0.39, 0.29) is 23.8 Å². The van der Waals surface area contributed by atoms with Crippen LogP contribution in [0.15, 0.2) is 0 Å². The molecule has 1 fully saturated rings. The number of primary amides is 1. The van der Waals surface area contributed by atoms with Crippen molar-refractivity contribution in [3.05, 3.63) is 0 Å². The fourth-order valence-electron chi connectivity index (χ4n) is 1.06. The topological polar surface area (TPSA) is 84.2 Å². The largest absolute Gasteiger partial charge is 0.368 e. The predicted molar refractivity (Wildman–Crippen MR) is 52.4 cm³/mol. The second-order valence-corrected chi connectivity index (χ2v) is 3.64. The number of nitrogens with one attached hydrogen (secondary N) is 2. The lowest BCUT2D eigenvalue weighted by molar-refractivity contribution is -0.122. The van der Waals surface area contributed by atoms with Crippen LogP contribution in [0.1, 0.15) is 19.8 Å². The fraction of sp³-hybridized carbons (Fsp3) is 0.778. The lowest BCUT2D eigenvalue weighted by Gasteiger charge is -2.10. The summed E-state index contributed by atoms with van der Waals surface area (Å²) in [5.41, 5.74) is 5.05. The van der Waals surface area contributed by atoms with Crippen molar-refractivity contribution in [2.75, 3.05) is 13.1 Å². The van der Waals surface area contributed by atoms with Gasteiger partial charge in [-0.05, 0) is 19.8 Å². The Labute approximate surface area is 83.4 Å². The van der Waals surface area contributed by atoms with E-state index < -0.39 is 0 Å². The van der Waals surface area contributed by atoms with E-state index >= 15 is 0 Å². The summed E-state index contributed by atoms with van der Waals surface area (Å²) in [6, 6.07) is -0.340. The molecule has 1 saturated carbocycles. The van der Waals surface area contributed by atoms with Crippen molar-refractivity contribution < 1.29 is 9.59 Å². The van der Waals surface area contributed by atoms with E-state index in [9.17, 15) is 9.59 Å². The molecule has 0 bridgehead atoms. The minimum Gasteiger partial charge on any atom is -0.368 e. The summed E-state index contributed by atoms with van der Waals surface area (Å²) < 4.78 is 0. The van der Waals surface area contributed by atoms with Gasteiger partial charge in [-0.25, -0.2) is 0 Å². The Kier molecular flexibility index (Phi) is 3.88. The van der Waals surface area contributed by atoms with E-state index in [1.54, 1.807) is 6.92 Å². The molecule has 5 heteroatoms. The lowest BCUT2D eigenvalue weighted by atomic mass is 10.3. The molecule has 5 nitrogen and oxygen atoms in total. The van der Waals surface area contributed by atoms with Crippen molar-refractivity contribution >= 4 is 11.8 Å². The maximum atomic E-state index is 11.2. The van der Waals surface area contributed by atoms with Gasteiger partial charge in [0.25, 0.3) is 0 Å². The summed E-state index contributed by atoms with van der Waals surface area (Å²) >= 11 is 0. The van der Waals surface area contributed by atoms with Crippen LogP contribution in [0.2, 0.25) is 0 Å². The van der Waals surface area contributed by atoms with Crippen LogP contribution in [0.4, 0.5) is 0 Å². The van der Waals surface area contributed by atoms with Crippen LogP contribution in [0, 0.1) is 5.92 Å². The molecule has 0 spiro atoms. The smallest absolute Gasteiger partial charge is 0.234 e. The summed E-state index contributed by atoms with van der Waals surface area (Å²) in [6.45, 7) is 2.82. The maximum absolute atomic E-state index is 11.2. The Bertz CT molecular complexity index is 226. The summed E-state index contributed by atoms with van der Waals surface area (Å²) in [6.07, 6.45) is 2.02. The molecule has 2 amide bonds. The highest BCUT2D eigenvalue weighted by Gasteiger charge is 2.28. The third-order valence-corrected chi connectivity index (χ3v) is 2.25. The molecule has 1 unspecified atom stereocenters. The zero-order chi connectivity index (χ0) is 10.6.